The van der Waals surface area contributed by atoms with E-state index in [-0.39, 0.29) is 5.78 Å². The fraction of sp³-hybridized carbons (Fsp3) is 0.0833. The van der Waals surface area contributed by atoms with E-state index in [9.17, 15) is 4.79 Å². The van der Waals surface area contributed by atoms with Gasteiger partial charge in [-0.3, -0.25) is 4.79 Å². The minimum absolute atomic E-state index is 0.0611. The number of Topliss-reactive ketones (excluding diaryl/α,β-unsaturated/α-hetero) is 1. The number of halogens is 1. The van der Waals surface area contributed by atoms with E-state index < -0.39 is 0 Å². The van der Waals surface area contributed by atoms with E-state index in [0.29, 0.717) is 5.02 Å². The van der Waals surface area contributed by atoms with Crippen molar-refractivity contribution in [3.05, 3.63) is 34.2 Å². The summed E-state index contributed by atoms with van der Waals surface area (Å²) in [5, 5.41) is 0.632. The summed E-state index contributed by atoms with van der Waals surface area (Å²) < 4.78 is 8.48. The first-order valence-electron chi connectivity index (χ1n) is 5.19. The van der Waals surface area contributed by atoms with E-state index in [1.54, 1.807) is 6.92 Å². The molecular weight excluding hydrogens is 288 g/mol. The molecule has 0 aliphatic heterocycles. The average Bonchev–Trinajstić information content (AvgIpc) is 2.95. The fourth-order valence-corrected chi connectivity index (χ4v) is 3.54. The quantitative estimate of drug-likeness (QED) is 0.663. The van der Waals surface area contributed by atoms with Crippen LogP contribution in [0.15, 0.2) is 24.3 Å². The van der Waals surface area contributed by atoms with Gasteiger partial charge in [-0.15, -0.1) is 11.3 Å². The van der Waals surface area contributed by atoms with Crippen LogP contribution in [-0.4, -0.2) is 14.5 Å². The molecule has 0 atom stereocenters. The van der Waals surface area contributed by atoms with Crippen molar-refractivity contribution in [1.29, 1.82) is 0 Å². The summed E-state index contributed by atoms with van der Waals surface area (Å²) in [6.45, 7) is 1.56. The SMILES string of the molecule is CC(=O)c1ccc(-c2c(Cl)ccc3nsnc23)s1. The lowest BCUT2D eigenvalue weighted by atomic mass is 10.1. The maximum absolute atomic E-state index is 11.3. The third kappa shape index (κ3) is 1.84. The van der Waals surface area contributed by atoms with Crippen molar-refractivity contribution in [1.82, 2.24) is 8.75 Å². The zero-order chi connectivity index (χ0) is 12.7. The molecule has 0 unspecified atom stereocenters. The highest BCUT2D eigenvalue weighted by Gasteiger charge is 2.14. The second kappa shape index (κ2) is 4.42. The highest BCUT2D eigenvalue weighted by molar-refractivity contribution is 7.17. The highest BCUT2D eigenvalue weighted by Crippen LogP contribution is 2.38. The summed E-state index contributed by atoms with van der Waals surface area (Å²) in [7, 11) is 0. The van der Waals surface area contributed by atoms with Gasteiger partial charge in [0, 0.05) is 10.4 Å². The number of carbonyl (C=O) groups excluding carboxylic acids is 1. The second-order valence-corrected chi connectivity index (χ2v) is 5.79. The van der Waals surface area contributed by atoms with E-state index in [1.807, 2.05) is 24.3 Å². The van der Waals surface area contributed by atoms with Crippen molar-refractivity contribution >= 4 is 51.5 Å². The van der Waals surface area contributed by atoms with Crippen LogP contribution in [0.2, 0.25) is 5.02 Å². The number of fused-ring (bicyclic) bond motifs is 1. The third-order valence-corrected chi connectivity index (χ3v) is 4.64. The number of hydrogen-bond acceptors (Lipinski definition) is 5. The fourth-order valence-electron chi connectivity index (χ4n) is 1.72. The first kappa shape index (κ1) is 11.8. The van der Waals surface area contributed by atoms with Crippen LogP contribution in [0.25, 0.3) is 21.5 Å². The monoisotopic (exact) mass is 294 g/mol. The van der Waals surface area contributed by atoms with Crippen LogP contribution >= 0.6 is 34.7 Å². The van der Waals surface area contributed by atoms with Gasteiger partial charge in [0.15, 0.2) is 5.78 Å². The van der Waals surface area contributed by atoms with Crippen LogP contribution in [0.5, 0.6) is 0 Å². The van der Waals surface area contributed by atoms with E-state index >= 15 is 0 Å². The van der Waals surface area contributed by atoms with E-state index in [0.717, 1.165) is 38.1 Å². The molecule has 2 aromatic heterocycles. The Bertz CT molecular complexity index is 747. The first-order valence-corrected chi connectivity index (χ1v) is 7.11. The van der Waals surface area contributed by atoms with Gasteiger partial charge in [-0.25, -0.2) is 0 Å². The number of ketones is 1. The number of rotatable bonds is 2. The molecule has 1 aromatic carbocycles. The molecule has 6 heteroatoms. The number of nitrogens with zero attached hydrogens (tertiary/aromatic N) is 2. The molecule has 0 saturated heterocycles. The molecule has 18 heavy (non-hydrogen) atoms. The maximum atomic E-state index is 11.3. The van der Waals surface area contributed by atoms with Gasteiger partial charge >= 0.3 is 0 Å². The minimum atomic E-state index is 0.0611. The first-order chi connectivity index (χ1) is 8.66. The lowest BCUT2D eigenvalue weighted by Gasteiger charge is -2.01. The molecule has 3 rings (SSSR count). The highest BCUT2D eigenvalue weighted by atomic mass is 35.5. The Morgan fingerprint density at radius 1 is 1.22 bits per heavy atom. The van der Waals surface area contributed by atoms with Crippen molar-refractivity contribution < 1.29 is 4.79 Å². The molecule has 3 nitrogen and oxygen atoms in total. The molecule has 2 heterocycles. The minimum Gasteiger partial charge on any atom is -0.294 e. The number of aromatic nitrogens is 2. The van der Waals surface area contributed by atoms with Gasteiger partial charge in [0.25, 0.3) is 0 Å². The molecule has 0 saturated carbocycles. The summed E-state index contributed by atoms with van der Waals surface area (Å²) in [6, 6.07) is 7.39. The average molecular weight is 295 g/mol. The summed E-state index contributed by atoms with van der Waals surface area (Å²) in [5.41, 5.74) is 2.49. The van der Waals surface area contributed by atoms with Crippen LogP contribution in [0.1, 0.15) is 16.6 Å². The van der Waals surface area contributed by atoms with Crippen LogP contribution in [-0.2, 0) is 0 Å². The predicted molar refractivity (Wildman–Crippen MR) is 75.7 cm³/mol. The summed E-state index contributed by atoms with van der Waals surface area (Å²) in [6.07, 6.45) is 0. The van der Waals surface area contributed by atoms with Gasteiger partial charge < -0.3 is 0 Å². The molecule has 0 N–H and O–H groups in total. The number of benzene rings is 1. The molecule has 0 aliphatic carbocycles. The van der Waals surface area contributed by atoms with Gasteiger partial charge in [0.1, 0.15) is 11.0 Å². The Morgan fingerprint density at radius 2 is 2.06 bits per heavy atom. The van der Waals surface area contributed by atoms with Gasteiger partial charge in [0.2, 0.25) is 0 Å². The predicted octanol–water partition coefficient (Wildman–Crippen LogP) is 4.28. The van der Waals surface area contributed by atoms with Crippen molar-refractivity contribution in [2.24, 2.45) is 0 Å². The summed E-state index contributed by atoms with van der Waals surface area (Å²) in [5.74, 6) is 0.0611. The van der Waals surface area contributed by atoms with Gasteiger partial charge in [-0.1, -0.05) is 11.6 Å². The molecule has 3 aromatic rings. The Labute approximate surface area is 116 Å². The van der Waals surface area contributed by atoms with E-state index in [2.05, 4.69) is 8.75 Å². The van der Waals surface area contributed by atoms with Crippen molar-refractivity contribution in [2.45, 2.75) is 6.92 Å². The van der Waals surface area contributed by atoms with Crippen LogP contribution in [0.3, 0.4) is 0 Å². The largest absolute Gasteiger partial charge is 0.294 e. The second-order valence-electron chi connectivity index (χ2n) is 3.77. The Hall–Kier alpha value is -1.30. The molecule has 0 aliphatic rings. The molecular formula is C12H7ClN2OS2. The summed E-state index contributed by atoms with van der Waals surface area (Å²) >= 11 is 8.83. The maximum Gasteiger partial charge on any atom is 0.169 e. The molecule has 0 bridgehead atoms. The molecule has 0 fully saturated rings. The Balaban J connectivity index is 2.26. The van der Waals surface area contributed by atoms with Gasteiger partial charge in [-0.05, 0) is 31.2 Å². The van der Waals surface area contributed by atoms with Crippen LogP contribution < -0.4 is 0 Å². The van der Waals surface area contributed by atoms with Crippen molar-refractivity contribution in [3.63, 3.8) is 0 Å². The lowest BCUT2D eigenvalue weighted by molar-refractivity contribution is 0.102. The Kier molecular flexibility index (Phi) is 2.89. The van der Waals surface area contributed by atoms with Crippen LogP contribution in [0.4, 0.5) is 0 Å². The van der Waals surface area contributed by atoms with Crippen molar-refractivity contribution in [3.8, 4) is 10.4 Å². The topological polar surface area (TPSA) is 42.9 Å². The van der Waals surface area contributed by atoms with E-state index in [1.165, 1.54) is 11.3 Å². The zero-order valence-electron chi connectivity index (χ0n) is 9.31. The molecule has 0 amide bonds. The van der Waals surface area contributed by atoms with Gasteiger partial charge in [0.05, 0.1) is 21.6 Å². The molecule has 0 spiro atoms. The molecule has 90 valence electrons. The normalized spacial score (nSPS) is 11.0. The van der Waals surface area contributed by atoms with Crippen molar-refractivity contribution in [2.75, 3.05) is 0 Å². The van der Waals surface area contributed by atoms with Gasteiger partial charge in [-0.2, -0.15) is 8.75 Å². The summed E-state index contributed by atoms with van der Waals surface area (Å²) in [4.78, 5) is 13.0. The smallest absolute Gasteiger partial charge is 0.169 e. The third-order valence-electron chi connectivity index (χ3n) is 2.58. The number of carbonyl (C=O) groups is 1. The molecule has 0 radical (unpaired) electrons. The zero-order valence-corrected chi connectivity index (χ0v) is 11.7. The standard InChI is InChI=1S/C12H7ClN2OS2/c1-6(16)9-4-5-10(17-9)11-7(13)2-3-8-12(11)15-18-14-8/h2-5H,1H3. The van der Waals surface area contributed by atoms with Crippen LogP contribution in [0, 0.1) is 0 Å². The number of hydrogen-bond donors (Lipinski definition) is 0. The van der Waals surface area contributed by atoms with E-state index in [4.69, 9.17) is 11.6 Å². The Morgan fingerprint density at radius 3 is 2.78 bits per heavy atom. The number of thiophene rings is 1. The lowest BCUT2D eigenvalue weighted by Crippen LogP contribution is -1.83.